The van der Waals surface area contributed by atoms with Gasteiger partial charge >= 0.3 is 5.97 Å². The number of carboxylic acids is 1. The van der Waals surface area contributed by atoms with Crippen molar-refractivity contribution in [1.82, 2.24) is 9.80 Å². The molecule has 2 amide bonds. The highest BCUT2D eigenvalue weighted by Gasteiger charge is 2.43. The molecule has 0 atom stereocenters. The van der Waals surface area contributed by atoms with E-state index in [0.29, 0.717) is 52.0 Å². The number of ether oxygens (including phenoxy) is 1. The van der Waals surface area contributed by atoms with Crippen LogP contribution in [0.25, 0.3) is 0 Å². The van der Waals surface area contributed by atoms with Crippen molar-refractivity contribution in [2.75, 3.05) is 39.9 Å². The van der Waals surface area contributed by atoms with Crippen LogP contribution in [-0.4, -0.2) is 72.6 Å². The number of amides is 2. The van der Waals surface area contributed by atoms with Gasteiger partial charge in [-0.2, -0.15) is 0 Å². The topological polar surface area (TPSA) is 87.2 Å². The summed E-state index contributed by atoms with van der Waals surface area (Å²) in [5.74, 6) is -1.37. The Bertz CT molecular complexity index is 707. The van der Waals surface area contributed by atoms with Gasteiger partial charge in [-0.3, -0.25) is 14.4 Å². The summed E-state index contributed by atoms with van der Waals surface area (Å²) in [7, 11) is 1.67. The van der Waals surface area contributed by atoms with Crippen molar-refractivity contribution in [2.45, 2.75) is 31.1 Å². The second-order valence-electron chi connectivity index (χ2n) is 7.72. The van der Waals surface area contributed by atoms with Gasteiger partial charge in [-0.15, -0.1) is 0 Å². The molecule has 1 aromatic carbocycles. The molecule has 0 bridgehead atoms. The molecule has 1 N–H and O–H groups in total. The van der Waals surface area contributed by atoms with Crippen LogP contribution in [0.15, 0.2) is 30.3 Å². The van der Waals surface area contributed by atoms with Crippen molar-refractivity contribution in [2.24, 2.45) is 5.92 Å². The van der Waals surface area contributed by atoms with Gasteiger partial charge < -0.3 is 19.6 Å². The number of rotatable bonds is 5. The third kappa shape index (κ3) is 4.19. The Morgan fingerprint density at radius 1 is 1.14 bits per heavy atom. The summed E-state index contributed by atoms with van der Waals surface area (Å²) in [6.45, 7) is 1.90. The Kier molecular flexibility index (Phi) is 6.34. The number of nitrogens with zero attached hydrogens (tertiary/aromatic N) is 2. The van der Waals surface area contributed by atoms with Crippen LogP contribution < -0.4 is 0 Å². The molecule has 152 valence electrons. The molecule has 2 fully saturated rings. The molecule has 28 heavy (non-hydrogen) atoms. The largest absolute Gasteiger partial charge is 0.481 e. The quantitative estimate of drug-likeness (QED) is 0.826. The first-order valence-electron chi connectivity index (χ1n) is 9.83. The van der Waals surface area contributed by atoms with Crippen LogP contribution in [0.5, 0.6) is 0 Å². The Balaban J connectivity index is 1.67. The van der Waals surface area contributed by atoms with E-state index in [1.807, 2.05) is 30.3 Å². The fraction of sp³-hybridized carbons (Fsp3) is 0.571. The number of likely N-dealkylation sites (tertiary alicyclic amines) is 1. The Hall–Kier alpha value is -2.41. The molecule has 0 spiro atoms. The summed E-state index contributed by atoms with van der Waals surface area (Å²) in [6.07, 6.45) is 2.12. The maximum atomic E-state index is 13.4. The van der Waals surface area contributed by atoms with Crippen molar-refractivity contribution < 1.29 is 24.2 Å². The maximum absolute atomic E-state index is 13.4. The van der Waals surface area contributed by atoms with Crippen LogP contribution in [0.1, 0.15) is 31.2 Å². The number of likely N-dealkylation sites (N-methyl/N-ethyl adjacent to an activating group) is 1. The van der Waals surface area contributed by atoms with E-state index in [-0.39, 0.29) is 24.3 Å². The van der Waals surface area contributed by atoms with Crippen molar-refractivity contribution >= 4 is 17.8 Å². The molecular formula is C21H28N2O5. The molecule has 0 saturated carbocycles. The number of aliphatic carboxylic acids is 1. The normalized spacial score (nSPS) is 19.8. The smallest absolute Gasteiger partial charge is 0.306 e. The molecule has 2 saturated heterocycles. The van der Waals surface area contributed by atoms with Crippen molar-refractivity contribution in [3.8, 4) is 0 Å². The summed E-state index contributed by atoms with van der Waals surface area (Å²) < 4.78 is 5.49. The van der Waals surface area contributed by atoms with Crippen LogP contribution in [0.2, 0.25) is 0 Å². The predicted octanol–water partition coefficient (Wildman–Crippen LogP) is 1.52. The Morgan fingerprint density at radius 2 is 1.75 bits per heavy atom. The molecule has 7 heteroatoms. The predicted molar refractivity (Wildman–Crippen MR) is 103 cm³/mol. The zero-order chi connectivity index (χ0) is 20.1. The zero-order valence-corrected chi connectivity index (χ0v) is 16.3. The number of carbonyl (C=O) groups excluding carboxylic acids is 2. The maximum Gasteiger partial charge on any atom is 0.306 e. The molecule has 1 aromatic rings. The first-order valence-corrected chi connectivity index (χ1v) is 9.83. The number of hydrogen-bond donors (Lipinski definition) is 1. The van der Waals surface area contributed by atoms with Crippen LogP contribution in [0.4, 0.5) is 0 Å². The van der Waals surface area contributed by atoms with Gasteiger partial charge in [0.2, 0.25) is 11.8 Å². The van der Waals surface area contributed by atoms with Gasteiger partial charge in [0, 0.05) is 33.4 Å². The van der Waals surface area contributed by atoms with E-state index in [9.17, 15) is 14.4 Å². The summed E-state index contributed by atoms with van der Waals surface area (Å²) in [5, 5.41) is 9.10. The molecule has 0 radical (unpaired) electrons. The number of hydrogen-bond acceptors (Lipinski definition) is 4. The molecule has 0 aromatic heterocycles. The molecule has 2 heterocycles. The fourth-order valence-corrected chi connectivity index (χ4v) is 4.22. The van der Waals surface area contributed by atoms with E-state index in [2.05, 4.69) is 0 Å². The van der Waals surface area contributed by atoms with Gasteiger partial charge in [-0.25, -0.2) is 0 Å². The highest BCUT2D eigenvalue weighted by atomic mass is 16.5. The molecule has 7 nitrogen and oxygen atoms in total. The van der Waals surface area contributed by atoms with Gasteiger partial charge in [0.1, 0.15) is 0 Å². The third-order valence-corrected chi connectivity index (χ3v) is 6.00. The second-order valence-corrected chi connectivity index (χ2v) is 7.72. The van der Waals surface area contributed by atoms with Crippen molar-refractivity contribution in [3.63, 3.8) is 0 Å². The summed E-state index contributed by atoms with van der Waals surface area (Å²) in [6, 6.07) is 9.72. The summed E-state index contributed by atoms with van der Waals surface area (Å²) in [5.41, 5.74) is 0.301. The molecule has 3 rings (SSSR count). The minimum absolute atomic E-state index is 0.00596. The average molecular weight is 388 g/mol. The first-order chi connectivity index (χ1) is 13.4. The van der Waals surface area contributed by atoms with E-state index in [1.54, 1.807) is 11.9 Å². The van der Waals surface area contributed by atoms with E-state index >= 15 is 0 Å². The molecular weight excluding hydrogens is 360 g/mol. The fourth-order valence-electron chi connectivity index (χ4n) is 4.22. The van der Waals surface area contributed by atoms with Gasteiger partial charge in [0.25, 0.3) is 0 Å². The first kappa shape index (κ1) is 20.3. The summed E-state index contributed by atoms with van der Waals surface area (Å²) >= 11 is 0. The van der Waals surface area contributed by atoms with E-state index in [0.717, 1.165) is 5.56 Å². The minimum atomic E-state index is -0.802. The third-order valence-electron chi connectivity index (χ3n) is 6.00. The van der Waals surface area contributed by atoms with Crippen molar-refractivity contribution in [3.05, 3.63) is 35.9 Å². The number of piperidine rings is 1. The summed E-state index contributed by atoms with van der Waals surface area (Å²) in [4.78, 5) is 40.3. The SMILES string of the molecule is CN(CC(=O)N1CCC(C(=O)O)CC1)C(=O)C1(c2ccccc2)CCOCC1. The lowest BCUT2D eigenvalue weighted by Gasteiger charge is -2.39. The Labute approximate surface area is 165 Å². The standard InChI is InChI=1S/C21H28N2O5/c1-22(15-18(24)23-11-7-16(8-12-23)19(25)26)20(27)21(9-13-28-14-10-21)17-5-3-2-4-6-17/h2-6,16H,7-15H2,1H3,(H,25,26). The number of carbonyl (C=O) groups is 3. The molecule has 2 aliphatic heterocycles. The van der Waals surface area contributed by atoms with Crippen LogP contribution >= 0.6 is 0 Å². The number of carboxylic acid groups (broad SMARTS) is 1. The van der Waals surface area contributed by atoms with E-state index < -0.39 is 11.4 Å². The van der Waals surface area contributed by atoms with Gasteiger partial charge in [0.15, 0.2) is 0 Å². The Morgan fingerprint density at radius 3 is 2.32 bits per heavy atom. The number of benzene rings is 1. The minimum Gasteiger partial charge on any atom is -0.481 e. The lowest BCUT2D eigenvalue weighted by molar-refractivity contribution is -0.148. The zero-order valence-electron chi connectivity index (χ0n) is 16.3. The van der Waals surface area contributed by atoms with E-state index in [4.69, 9.17) is 9.84 Å². The van der Waals surface area contributed by atoms with Crippen LogP contribution in [-0.2, 0) is 24.5 Å². The molecule has 0 unspecified atom stereocenters. The van der Waals surface area contributed by atoms with Crippen molar-refractivity contribution in [1.29, 1.82) is 0 Å². The van der Waals surface area contributed by atoms with E-state index in [1.165, 1.54) is 4.90 Å². The van der Waals surface area contributed by atoms with Crippen LogP contribution in [0.3, 0.4) is 0 Å². The average Bonchev–Trinajstić information content (AvgIpc) is 2.74. The highest BCUT2D eigenvalue weighted by Crippen LogP contribution is 2.36. The lowest BCUT2D eigenvalue weighted by atomic mass is 9.73. The molecule has 0 aliphatic carbocycles. The molecule has 2 aliphatic rings. The highest BCUT2D eigenvalue weighted by molar-refractivity contribution is 5.91. The van der Waals surface area contributed by atoms with Gasteiger partial charge in [0.05, 0.1) is 17.9 Å². The lowest BCUT2D eigenvalue weighted by Crippen LogP contribution is -2.52. The van der Waals surface area contributed by atoms with Gasteiger partial charge in [-0.05, 0) is 31.2 Å². The van der Waals surface area contributed by atoms with Crippen LogP contribution in [0, 0.1) is 5.92 Å². The van der Waals surface area contributed by atoms with Gasteiger partial charge in [-0.1, -0.05) is 30.3 Å². The second kappa shape index (κ2) is 8.73. The monoisotopic (exact) mass is 388 g/mol.